The van der Waals surface area contributed by atoms with Gasteiger partial charge in [-0.05, 0) is 144 Å². The fourth-order valence-electron chi connectivity index (χ4n) is 13.5. The molecule has 5 aromatic carbocycles. The van der Waals surface area contributed by atoms with E-state index in [0.29, 0.717) is 107 Å². The highest BCUT2D eigenvalue weighted by Gasteiger charge is 2.34. The molecule has 4 unspecified atom stereocenters. The molecule has 4 aromatic heterocycles. The van der Waals surface area contributed by atoms with E-state index >= 15 is 0 Å². The molecule has 17 N–H and O–H groups in total. The minimum atomic E-state index is -0.650. The second-order valence-electron chi connectivity index (χ2n) is 31.6. The van der Waals surface area contributed by atoms with Crippen molar-refractivity contribution in [2.45, 2.75) is 158 Å². The van der Waals surface area contributed by atoms with Crippen LogP contribution in [0.4, 0.5) is 97.9 Å². The molecule has 660 valence electrons. The highest BCUT2D eigenvalue weighted by atomic mass is 32.2. The number of hydrogen-bond acceptors (Lipinski definition) is 34. The van der Waals surface area contributed by atoms with Gasteiger partial charge in [-0.2, -0.15) is 39.9 Å². The summed E-state index contributed by atoms with van der Waals surface area (Å²) in [4.78, 5) is 69.8. The maximum Gasteiger partial charge on any atom is 0.279 e. The smallest absolute Gasteiger partial charge is 0.279 e. The molecule has 5 aliphatic rings. The molecule has 9 aromatic rings. The Bertz CT molecular complexity index is 4740. The summed E-state index contributed by atoms with van der Waals surface area (Å²) in [5, 5.41) is 75.3. The molecular formula is C87H122N26O9S. The van der Waals surface area contributed by atoms with Crippen molar-refractivity contribution in [1.82, 2.24) is 50.5 Å². The van der Waals surface area contributed by atoms with E-state index in [1.54, 1.807) is 28.4 Å². The van der Waals surface area contributed by atoms with Gasteiger partial charge in [0.2, 0.25) is 29.7 Å². The van der Waals surface area contributed by atoms with Crippen LogP contribution in [0, 0.1) is 11.8 Å². The van der Waals surface area contributed by atoms with Crippen LogP contribution >= 0.6 is 11.8 Å². The number of carbonyl (C=O) groups is 2. The van der Waals surface area contributed by atoms with Gasteiger partial charge in [-0.3, -0.25) is 9.59 Å². The number of aliphatic hydroxyl groups is 3. The van der Waals surface area contributed by atoms with Crippen LogP contribution in [0.5, 0.6) is 23.0 Å². The number of methoxy groups -OCH3 is 4. The van der Waals surface area contributed by atoms with Gasteiger partial charge in [0, 0.05) is 62.6 Å². The first-order valence-electron chi connectivity index (χ1n) is 41.7. The molecule has 14 rings (SSSR count). The summed E-state index contributed by atoms with van der Waals surface area (Å²) in [5.41, 5.74) is 8.85. The molecule has 36 heteroatoms. The van der Waals surface area contributed by atoms with Crippen LogP contribution < -0.4 is 113 Å². The number of anilines is 16. The lowest BCUT2D eigenvalue weighted by Gasteiger charge is -2.24. The van der Waals surface area contributed by atoms with E-state index in [-0.39, 0.29) is 67.0 Å². The van der Waals surface area contributed by atoms with Gasteiger partial charge in [0.15, 0.2) is 46.5 Å². The minimum absolute atomic E-state index is 0.0267. The standard InChI is InChI=1S/C24H30N6O2.C21H28N8O3S.2C21H32N6O2/c1-16(2)30-15-27-21-22(25-13-17-9-11-19(32-3)12-10-17)28-24(29-23(21)30)26-14-20(31)18-7-5-4-6-8-18;1-12(2)29-11-25-16-17(22-8-13-4-6-14(32-3)7-5-13)27-20(28-18(16)29)24-10-23-19(30)15-9-33-21(31)26-15;2*1-13(2)17(11-28)24-21-25-19(18-20(26-21)27(12-23-18)14(3)4)22-10-15-6-8-16(29-5)9-7-15/h4-12,16,20,27,31H,13-15H2,1-3H3,(H2,25,26,28,29);4-7,12,15,25H,8-11H2,1-3H3,(H,23,30)(H,26,31)(H2,22,24,27,28);2*6-9,13-14,17,23,28H,10-12H2,1-5H3,(H2,22,24,25,26). The number of hydrogen-bond donors (Lipinski definition) is 17. The van der Waals surface area contributed by atoms with Crippen molar-refractivity contribution in [1.29, 1.82) is 0 Å². The van der Waals surface area contributed by atoms with Crippen molar-refractivity contribution in [2.75, 3.05) is 171 Å². The molecular weight excluding hydrogens is 1590 g/mol. The van der Waals surface area contributed by atoms with E-state index in [1.165, 1.54) is 0 Å². The Hall–Kier alpha value is -12.4. The lowest BCUT2D eigenvalue weighted by atomic mass is 10.1. The monoisotopic (exact) mass is 1710 g/mol. The Morgan fingerprint density at radius 1 is 0.431 bits per heavy atom. The Labute approximate surface area is 725 Å². The third kappa shape index (κ3) is 24.5. The highest BCUT2D eigenvalue weighted by molar-refractivity contribution is 8.14. The minimum Gasteiger partial charge on any atom is -0.497 e. The lowest BCUT2D eigenvalue weighted by molar-refractivity contribution is -0.122. The summed E-state index contributed by atoms with van der Waals surface area (Å²) in [6.07, 6.45) is -0.650. The van der Waals surface area contributed by atoms with Crippen molar-refractivity contribution < 1.29 is 43.9 Å². The van der Waals surface area contributed by atoms with Crippen LogP contribution in [0.1, 0.15) is 117 Å². The molecule has 0 aliphatic carbocycles. The lowest BCUT2D eigenvalue weighted by Crippen LogP contribution is -2.44. The van der Waals surface area contributed by atoms with Crippen molar-refractivity contribution in [2.24, 2.45) is 11.8 Å². The molecule has 1 saturated heterocycles. The zero-order valence-corrected chi connectivity index (χ0v) is 74.0. The fraction of sp³-hybridized carbons (Fsp3) is 0.448. The van der Waals surface area contributed by atoms with Crippen LogP contribution in [0.15, 0.2) is 127 Å². The van der Waals surface area contributed by atoms with E-state index in [0.717, 1.165) is 126 Å². The number of fused-ring (bicyclic) bond motifs is 4. The summed E-state index contributed by atoms with van der Waals surface area (Å²) >= 11 is 1.10. The number of nitrogens with one attached hydrogen (secondary N) is 14. The number of benzene rings is 5. The Balaban J connectivity index is 0.000000160. The number of aliphatic hydroxyl groups excluding tert-OH is 3. The molecule has 5 aliphatic heterocycles. The van der Waals surface area contributed by atoms with Crippen LogP contribution in [-0.4, -0.2) is 196 Å². The third-order valence-electron chi connectivity index (χ3n) is 21.1. The first kappa shape index (κ1) is 91.3. The van der Waals surface area contributed by atoms with Gasteiger partial charge in [0.1, 0.15) is 51.8 Å². The van der Waals surface area contributed by atoms with Crippen LogP contribution in [0.25, 0.3) is 0 Å². The summed E-state index contributed by atoms with van der Waals surface area (Å²) < 4.78 is 20.9. The Morgan fingerprint density at radius 3 is 1.02 bits per heavy atom. The second-order valence-corrected chi connectivity index (χ2v) is 32.6. The number of aromatic nitrogens is 8. The van der Waals surface area contributed by atoms with Gasteiger partial charge in [-0.1, -0.05) is 118 Å². The average molecular weight is 1710 g/mol. The SMILES string of the molecule is COc1ccc(CNc2nc(NC(CO)C(C)C)nc3c2NCN3C(C)C)cc1.COc1ccc(CNc2nc(NC(CO)C(C)C)nc3c2NCN3C(C)C)cc1.COc1ccc(CNc2nc(NCC(O)c3ccccc3)nc3c2NCN3C(C)C)cc1.COc1ccc(CNc2nc(NCNC(=O)C3CSC(=O)N3)nc3c2NCN3C(C)C)cc1. The number of ether oxygens (including phenoxy) is 4. The van der Waals surface area contributed by atoms with E-state index < -0.39 is 12.1 Å². The van der Waals surface area contributed by atoms with Crippen molar-refractivity contribution in [3.8, 4) is 23.0 Å². The molecule has 0 radical (unpaired) electrons. The maximum atomic E-state index is 12.2. The molecule has 1 fully saturated rings. The summed E-state index contributed by atoms with van der Waals surface area (Å²) in [6, 6.07) is 41.6. The van der Waals surface area contributed by atoms with E-state index in [9.17, 15) is 24.9 Å². The zero-order valence-electron chi connectivity index (χ0n) is 73.2. The first-order chi connectivity index (χ1) is 59.3. The van der Waals surface area contributed by atoms with Crippen molar-refractivity contribution >= 4 is 116 Å². The summed E-state index contributed by atoms with van der Waals surface area (Å²) in [6.45, 7) is 30.9. The Morgan fingerprint density at radius 2 is 0.740 bits per heavy atom. The van der Waals surface area contributed by atoms with Gasteiger partial charge < -0.3 is 128 Å². The topological polar surface area (TPSA) is 416 Å². The summed E-state index contributed by atoms with van der Waals surface area (Å²) in [7, 11) is 6.63. The first-order valence-corrected chi connectivity index (χ1v) is 42.7. The molecule has 0 bridgehead atoms. The van der Waals surface area contributed by atoms with Gasteiger partial charge in [0.25, 0.3) is 5.24 Å². The van der Waals surface area contributed by atoms with Crippen LogP contribution in [0.3, 0.4) is 0 Å². The predicted molar refractivity (Wildman–Crippen MR) is 494 cm³/mol. The maximum absolute atomic E-state index is 12.2. The van der Waals surface area contributed by atoms with E-state index in [2.05, 4.69) is 187 Å². The summed E-state index contributed by atoms with van der Waals surface area (Å²) in [5.74, 6) is 12.2. The van der Waals surface area contributed by atoms with Crippen LogP contribution in [-0.2, 0) is 31.0 Å². The van der Waals surface area contributed by atoms with Gasteiger partial charge >= 0.3 is 0 Å². The molecule has 9 heterocycles. The number of nitrogens with zero attached hydrogens (tertiary/aromatic N) is 12. The van der Waals surface area contributed by atoms with Gasteiger partial charge in [-0.25, -0.2) is 0 Å². The predicted octanol–water partition coefficient (Wildman–Crippen LogP) is 12.1. The third-order valence-corrected chi connectivity index (χ3v) is 22.0. The molecule has 4 atom stereocenters. The molecule has 2 amide bonds. The normalized spacial score (nSPS) is 14.6. The van der Waals surface area contributed by atoms with E-state index in [1.807, 2.05) is 127 Å². The quantitative estimate of drug-likeness (QED) is 0.0162. The zero-order chi connectivity index (χ0) is 87.8. The number of carbonyl (C=O) groups excluding carboxylic acids is 2. The Kier molecular flexibility index (Phi) is 32.6. The number of amides is 2. The van der Waals surface area contributed by atoms with Crippen molar-refractivity contribution in [3.05, 3.63) is 155 Å². The average Bonchev–Trinajstić information content (AvgIpc) is 1.67. The van der Waals surface area contributed by atoms with E-state index in [4.69, 9.17) is 48.9 Å². The molecule has 123 heavy (non-hydrogen) atoms. The second kappa shape index (κ2) is 43.9. The fourth-order valence-corrected chi connectivity index (χ4v) is 14.3. The van der Waals surface area contributed by atoms with Gasteiger partial charge in [0.05, 0.1) is 93.2 Å². The molecule has 35 nitrogen and oxygen atoms in total. The largest absolute Gasteiger partial charge is 0.497 e. The molecule has 0 spiro atoms. The van der Waals surface area contributed by atoms with Gasteiger partial charge in [-0.15, -0.1) is 0 Å². The number of rotatable bonds is 36. The van der Waals surface area contributed by atoms with Crippen molar-refractivity contribution in [3.63, 3.8) is 0 Å². The van der Waals surface area contributed by atoms with Crippen LogP contribution in [0.2, 0.25) is 0 Å². The number of thioether (sulfide) groups is 1. The molecule has 0 saturated carbocycles. The highest BCUT2D eigenvalue weighted by Crippen LogP contribution is 2.42.